The maximum atomic E-state index is 13.5. The molecule has 0 aliphatic carbocycles. The summed E-state index contributed by atoms with van der Waals surface area (Å²) in [5.74, 6) is -0.985. The van der Waals surface area contributed by atoms with Crippen LogP contribution in [0.25, 0.3) is 6.08 Å². The van der Waals surface area contributed by atoms with Gasteiger partial charge in [-0.1, -0.05) is 41.4 Å². The summed E-state index contributed by atoms with van der Waals surface area (Å²) < 4.78 is 25.7. The molecular weight excluding hydrogens is 543 g/mol. The van der Waals surface area contributed by atoms with E-state index in [1.54, 1.807) is 54.6 Å². The van der Waals surface area contributed by atoms with E-state index in [4.69, 9.17) is 9.47 Å². The normalized spacial score (nSPS) is 14.6. The van der Waals surface area contributed by atoms with Crippen LogP contribution in [0.15, 0.2) is 76.8 Å². The van der Waals surface area contributed by atoms with E-state index >= 15 is 0 Å². The van der Waals surface area contributed by atoms with Crippen LogP contribution in [0.3, 0.4) is 0 Å². The van der Waals surface area contributed by atoms with E-state index in [0.29, 0.717) is 39.4 Å². The van der Waals surface area contributed by atoms with Gasteiger partial charge in [-0.15, -0.1) is 0 Å². The maximum Gasteiger partial charge on any atom is 0.335 e. The fourth-order valence-electron chi connectivity index (χ4n) is 3.62. The van der Waals surface area contributed by atoms with Gasteiger partial charge in [-0.05, 0) is 72.7 Å². The molecule has 1 N–H and O–H groups in total. The Kier molecular flexibility index (Phi) is 8.35. The Morgan fingerprint density at radius 3 is 2.51 bits per heavy atom. The monoisotopic (exact) mass is 566 g/mol. The first-order valence-corrected chi connectivity index (χ1v) is 12.5. The highest BCUT2D eigenvalue weighted by Gasteiger charge is 2.37. The van der Waals surface area contributed by atoms with Gasteiger partial charge in [0, 0.05) is 10.0 Å². The van der Waals surface area contributed by atoms with Crippen molar-refractivity contribution >= 4 is 45.5 Å². The number of rotatable bonds is 9. The summed E-state index contributed by atoms with van der Waals surface area (Å²) in [6.45, 7) is 2.71. The first kappa shape index (κ1) is 26.1. The summed E-state index contributed by atoms with van der Waals surface area (Å²) in [5, 5.41) is 2.22. The van der Waals surface area contributed by atoms with Crippen LogP contribution in [-0.2, 0) is 16.2 Å². The van der Waals surface area contributed by atoms with Crippen molar-refractivity contribution in [2.45, 2.75) is 26.4 Å². The average molecular weight is 567 g/mol. The van der Waals surface area contributed by atoms with Gasteiger partial charge in [0.1, 0.15) is 29.5 Å². The van der Waals surface area contributed by atoms with E-state index in [1.807, 2.05) is 0 Å². The molecular formula is C28H24BrFN2O5. The zero-order valence-corrected chi connectivity index (χ0v) is 21.6. The third-order valence-electron chi connectivity index (χ3n) is 5.52. The molecule has 0 bridgehead atoms. The molecule has 0 spiro atoms. The molecule has 1 heterocycles. The topological polar surface area (TPSA) is 84.9 Å². The summed E-state index contributed by atoms with van der Waals surface area (Å²) in [5.41, 5.74) is 1.10. The highest BCUT2D eigenvalue weighted by atomic mass is 79.9. The molecule has 3 aromatic carbocycles. The molecule has 1 aliphatic heterocycles. The third-order valence-corrected chi connectivity index (χ3v) is 6.01. The van der Waals surface area contributed by atoms with Gasteiger partial charge in [-0.2, -0.15) is 0 Å². The van der Waals surface area contributed by atoms with E-state index in [9.17, 15) is 18.8 Å². The fraction of sp³-hybridized carbons (Fsp3) is 0.179. The van der Waals surface area contributed by atoms with Gasteiger partial charge in [0.05, 0.1) is 12.3 Å². The van der Waals surface area contributed by atoms with Crippen LogP contribution in [-0.4, -0.2) is 24.5 Å². The number of unbranched alkanes of at least 4 members (excludes halogenated alkanes) is 1. The zero-order valence-electron chi connectivity index (χ0n) is 20.0. The van der Waals surface area contributed by atoms with Gasteiger partial charge in [-0.3, -0.25) is 14.9 Å². The minimum Gasteiger partial charge on any atom is -0.494 e. The molecule has 0 saturated carbocycles. The lowest BCUT2D eigenvalue weighted by atomic mass is 10.1. The molecule has 9 heteroatoms. The molecule has 0 unspecified atom stereocenters. The molecule has 0 aromatic heterocycles. The van der Waals surface area contributed by atoms with Crippen LogP contribution in [0.4, 0.5) is 14.9 Å². The van der Waals surface area contributed by atoms with Crippen LogP contribution in [0.5, 0.6) is 11.5 Å². The van der Waals surface area contributed by atoms with Crippen LogP contribution < -0.4 is 19.7 Å². The lowest BCUT2D eigenvalue weighted by molar-refractivity contribution is -0.122. The molecule has 1 aliphatic rings. The zero-order chi connectivity index (χ0) is 26.4. The Balaban J connectivity index is 1.59. The Labute approximate surface area is 222 Å². The summed E-state index contributed by atoms with van der Waals surface area (Å²) in [4.78, 5) is 39.4. The number of halogens is 2. The van der Waals surface area contributed by atoms with Gasteiger partial charge in [0.15, 0.2) is 0 Å². The number of hydrogen-bond donors (Lipinski definition) is 1. The Hall–Kier alpha value is -3.98. The van der Waals surface area contributed by atoms with Gasteiger partial charge in [0.25, 0.3) is 11.8 Å². The van der Waals surface area contributed by atoms with Crippen molar-refractivity contribution in [3.63, 3.8) is 0 Å². The number of ether oxygens (including phenoxy) is 2. The standard InChI is InChI=1S/C28H24BrFN2O5/c1-2-3-13-36-23-10-8-22(9-11-23)32-27(34)24(26(33)31-28(32)35)16-19-15-20(29)7-12-25(19)37-17-18-5-4-6-21(30)14-18/h4-12,14-16H,2-3,13,17H2,1H3,(H,31,33,35)/b24-16-. The molecule has 190 valence electrons. The smallest absolute Gasteiger partial charge is 0.335 e. The van der Waals surface area contributed by atoms with E-state index < -0.39 is 17.8 Å². The summed E-state index contributed by atoms with van der Waals surface area (Å²) in [7, 11) is 0. The van der Waals surface area contributed by atoms with E-state index in [2.05, 4.69) is 28.2 Å². The largest absolute Gasteiger partial charge is 0.494 e. The van der Waals surface area contributed by atoms with E-state index in [1.165, 1.54) is 18.2 Å². The number of urea groups is 1. The number of nitrogens with zero attached hydrogens (tertiary/aromatic N) is 1. The average Bonchev–Trinajstić information content (AvgIpc) is 2.87. The number of imide groups is 2. The molecule has 3 aromatic rings. The molecule has 0 radical (unpaired) electrons. The van der Waals surface area contributed by atoms with Crippen molar-refractivity contribution in [3.05, 3.63) is 93.7 Å². The van der Waals surface area contributed by atoms with E-state index in [0.717, 1.165) is 17.7 Å². The van der Waals surface area contributed by atoms with E-state index in [-0.39, 0.29) is 18.0 Å². The van der Waals surface area contributed by atoms with Gasteiger partial charge < -0.3 is 9.47 Å². The first-order valence-electron chi connectivity index (χ1n) is 11.7. The van der Waals surface area contributed by atoms with Crippen LogP contribution >= 0.6 is 15.9 Å². The second-order valence-electron chi connectivity index (χ2n) is 8.25. The fourth-order valence-corrected chi connectivity index (χ4v) is 4.00. The van der Waals surface area contributed by atoms with Crippen molar-refractivity contribution < 1.29 is 28.2 Å². The predicted octanol–water partition coefficient (Wildman–Crippen LogP) is 6.01. The lowest BCUT2D eigenvalue weighted by Crippen LogP contribution is -2.54. The van der Waals surface area contributed by atoms with Crippen LogP contribution in [0.1, 0.15) is 30.9 Å². The summed E-state index contributed by atoms with van der Waals surface area (Å²) in [6.07, 6.45) is 3.28. The Morgan fingerprint density at radius 1 is 1.00 bits per heavy atom. The van der Waals surface area contributed by atoms with Crippen LogP contribution in [0, 0.1) is 5.82 Å². The first-order chi connectivity index (χ1) is 17.9. The number of anilines is 1. The predicted molar refractivity (Wildman–Crippen MR) is 141 cm³/mol. The SMILES string of the molecule is CCCCOc1ccc(N2C(=O)NC(=O)/C(=C/c3cc(Br)ccc3OCc3cccc(F)c3)C2=O)cc1. The van der Waals surface area contributed by atoms with Crippen LogP contribution in [0.2, 0.25) is 0 Å². The highest BCUT2D eigenvalue weighted by Crippen LogP contribution is 2.29. The van der Waals surface area contributed by atoms with Crippen molar-refractivity contribution in [2.24, 2.45) is 0 Å². The van der Waals surface area contributed by atoms with Gasteiger partial charge in [0.2, 0.25) is 0 Å². The van der Waals surface area contributed by atoms with Gasteiger partial charge >= 0.3 is 6.03 Å². The molecule has 4 rings (SSSR count). The minimum atomic E-state index is -0.844. The number of carbonyl (C=O) groups is 3. The molecule has 4 amide bonds. The van der Waals surface area contributed by atoms with Crippen molar-refractivity contribution in [1.29, 1.82) is 0 Å². The quantitative estimate of drug-likeness (QED) is 0.195. The Bertz CT molecular complexity index is 1360. The molecule has 1 fully saturated rings. The molecule has 37 heavy (non-hydrogen) atoms. The Morgan fingerprint density at radius 2 is 1.78 bits per heavy atom. The number of carbonyl (C=O) groups excluding carboxylic acids is 3. The van der Waals surface area contributed by atoms with Crippen molar-refractivity contribution in [2.75, 3.05) is 11.5 Å². The number of benzene rings is 3. The molecule has 7 nitrogen and oxygen atoms in total. The molecule has 1 saturated heterocycles. The minimum absolute atomic E-state index is 0.0764. The van der Waals surface area contributed by atoms with Gasteiger partial charge in [-0.25, -0.2) is 14.1 Å². The number of amides is 4. The molecule has 0 atom stereocenters. The second kappa shape index (κ2) is 11.8. The second-order valence-corrected chi connectivity index (χ2v) is 9.17. The lowest BCUT2D eigenvalue weighted by Gasteiger charge is -2.26. The van der Waals surface area contributed by atoms with Crippen molar-refractivity contribution in [1.82, 2.24) is 5.32 Å². The summed E-state index contributed by atoms with van der Waals surface area (Å²) >= 11 is 3.39. The number of hydrogen-bond acceptors (Lipinski definition) is 5. The summed E-state index contributed by atoms with van der Waals surface area (Å²) in [6, 6.07) is 16.7. The number of barbiturate groups is 1. The highest BCUT2D eigenvalue weighted by molar-refractivity contribution is 9.10. The number of nitrogens with one attached hydrogen (secondary N) is 1. The maximum absolute atomic E-state index is 13.5. The third kappa shape index (κ3) is 6.42. The van der Waals surface area contributed by atoms with Crippen molar-refractivity contribution in [3.8, 4) is 11.5 Å².